The largest absolute Gasteiger partial charge is 0.444 e. The summed E-state index contributed by atoms with van der Waals surface area (Å²) >= 11 is 1.79. The molecule has 0 atom stereocenters. The second-order valence-corrected chi connectivity index (χ2v) is 7.18. The summed E-state index contributed by atoms with van der Waals surface area (Å²) in [4.78, 5) is 16.9. The average Bonchev–Trinajstić information content (AvgIpc) is 2.52. The molecule has 0 heterocycles. The molecule has 8 heteroatoms. The number of ether oxygens (including phenoxy) is 1. The van der Waals surface area contributed by atoms with E-state index in [-0.39, 0.29) is 24.0 Å². The first-order chi connectivity index (χ1) is 11.4. The molecule has 1 aromatic rings. The van der Waals surface area contributed by atoms with E-state index in [1.165, 1.54) is 4.90 Å². The van der Waals surface area contributed by atoms with Crippen LogP contribution in [0, 0.1) is 0 Å². The number of nitrogens with zero attached hydrogens (tertiary/aromatic N) is 1. The van der Waals surface area contributed by atoms with Crippen molar-refractivity contribution in [2.45, 2.75) is 31.3 Å². The lowest BCUT2D eigenvalue weighted by Crippen LogP contribution is -2.43. The lowest BCUT2D eigenvalue weighted by molar-refractivity contribution is 0.0529. The first kappa shape index (κ1) is 23.8. The van der Waals surface area contributed by atoms with Crippen LogP contribution in [0.5, 0.6) is 0 Å². The molecule has 0 spiro atoms. The number of guanidine groups is 1. The first-order valence-electron chi connectivity index (χ1n) is 8.00. The molecule has 3 N–H and O–H groups in total. The molecule has 1 amide bonds. The minimum Gasteiger partial charge on any atom is -0.444 e. The molecule has 0 aliphatic rings. The molecule has 0 radical (unpaired) electrons. The highest BCUT2D eigenvalue weighted by atomic mass is 127. The van der Waals surface area contributed by atoms with Gasteiger partial charge in [0.15, 0.2) is 5.96 Å². The molecule has 142 valence electrons. The fourth-order valence-electron chi connectivity index (χ4n) is 1.74. The molecular formula is C17H29IN4O2S. The normalized spacial score (nSPS) is 11.3. The SMILES string of the molecule is CN=C(NCCNC(=O)OC(C)(C)C)NCCSc1ccccc1.I. The Morgan fingerprint density at radius 2 is 1.68 bits per heavy atom. The fraction of sp³-hybridized carbons (Fsp3) is 0.529. The van der Waals surface area contributed by atoms with E-state index in [0.717, 1.165) is 18.3 Å². The Bertz CT molecular complexity index is 521. The third-order valence-corrected chi connectivity index (χ3v) is 3.73. The molecule has 6 nitrogen and oxygen atoms in total. The van der Waals surface area contributed by atoms with E-state index in [4.69, 9.17) is 4.74 Å². The standard InChI is InChI=1S/C17H28N4O2S.HI/c1-17(2,3)23-16(22)21-11-10-19-15(18-4)20-12-13-24-14-8-6-5-7-9-14;/h5-9H,10-13H2,1-4H3,(H,21,22)(H2,18,19,20);1H. The lowest BCUT2D eigenvalue weighted by Gasteiger charge is -2.19. The smallest absolute Gasteiger partial charge is 0.407 e. The van der Waals surface area contributed by atoms with Crippen LogP contribution in [0.3, 0.4) is 0 Å². The molecule has 0 aliphatic carbocycles. The highest BCUT2D eigenvalue weighted by Crippen LogP contribution is 2.15. The molecular weight excluding hydrogens is 451 g/mol. The van der Waals surface area contributed by atoms with Crippen molar-refractivity contribution in [3.05, 3.63) is 30.3 Å². The molecule has 0 bridgehead atoms. The minimum absolute atomic E-state index is 0. The van der Waals surface area contributed by atoms with Gasteiger partial charge in [-0.25, -0.2) is 4.79 Å². The Kier molecular flexibility index (Phi) is 12.5. The third-order valence-electron chi connectivity index (χ3n) is 2.72. The maximum Gasteiger partial charge on any atom is 0.407 e. The van der Waals surface area contributed by atoms with Gasteiger partial charge in [-0.1, -0.05) is 18.2 Å². The highest BCUT2D eigenvalue weighted by molar-refractivity contribution is 14.0. The average molecular weight is 480 g/mol. The first-order valence-corrected chi connectivity index (χ1v) is 8.98. The quantitative estimate of drug-likeness (QED) is 0.184. The maximum absolute atomic E-state index is 11.5. The number of hydrogen-bond donors (Lipinski definition) is 3. The van der Waals surface area contributed by atoms with Crippen LogP contribution >= 0.6 is 35.7 Å². The van der Waals surface area contributed by atoms with E-state index < -0.39 is 11.7 Å². The van der Waals surface area contributed by atoms with Crippen molar-refractivity contribution in [2.75, 3.05) is 32.4 Å². The fourth-order valence-corrected chi connectivity index (χ4v) is 2.52. The summed E-state index contributed by atoms with van der Waals surface area (Å²) in [5, 5.41) is 9.08. The van der Waals surface area contributed by atoms with Gasteiger partial charge < -0.3 is 20.7 Å². The third kappa shape index (κ3) is 12.8. The van der Waals surface area contributed by atoms with Crippen molar-refractivity contribution < 1.29 is 9.53 Å². The van der Waals surface area contributed by atoms with E-state index in [1.54, 1.807) is 18.8 Å². The summed E-state index contributed by atoms with van der Waals surface area (Å²) < 4.78 is 5.17. The van der Waals surface area contributed by atoms with Crippen LogP contribution in [0.25, 0.3) is 0 Å². The number of hydrogen-bond acceptors (Lipinski definition) is 4. The van der Waals surface area contributed by atoms with Crippen LogP contribution < -0.4 is 16.0 Å². The zero-order valence-corrected chi connectivity index (χ0v) is 18.4. The van der Waals surface area contributed by atoms with E-state index in [0.29, 0.717) is 13.1 Å². The number of nitrogens with one attached hydrogen (secondary N) is 3. The van der Waals surface area contributed by atoms with Crippen molar-refractivity contribution in [3.8, 4) is 0 Å². The summed E-state index contributed by atoms with van der Waals surface area (Å²) in [6, 6.07) is 10.3. The Hall–Kier alpha value is -1.16. The molecule has 0 saturated heterocycles. The molecule has 1 aromatic carbocycles. The molecule has 0 aromatic heterocycles. The zero-order valence-electron chi connectivity index (χ0n) is 15.3. The predicted molar refractivity (Wildman–Crippen MR) is 116 cm³/mol. The second kappa shape index (κ2) is 13.1. The Morgan fingerprint density at radius 3 is 2.28 bits per heavy atom. The molecule has 0 unspecified atom stereocenters. The van der Waals surface area contributed by atoms with E-state index in [9.17, 15) is 4.79 Å². The van der Waals surface area contributed by atoms with Crippen LogP contribution in [-0.4, -0.2) is 50.1 Å². The van der Waals surface area contributed by atoms with Gasteiger partial charge in [0.1, 0.15) is 5.60 Å². The van der Waals surface area contributed by atoms with Gasteiger partial charge in [-0.3, -0.25) is 4.99 Å². The number of benzene rings is 1. The van der Waals surface area contributed by atoms with Gasteiger partial charge in [-0.05, 0) is 32.9 Å². The minimum atomic E-state index is -0.481. The summed E-state index contributed by atoms with van der Waals surface area (Å²) in [5.41, 5.74) is -0.481. The Morgan fingerprint density at radius 1 is 1.08 bits per heavy atom. The Labute approximate surface area is 172 Å². The number of thioether (sulfide) groups is 1. The monoisotopic (exact) mass is 480 g/mol. The predicted octanol–water partition coefficient (Wildman–Crippen LogP) is 3.09. The van der Waals surface area contributed by atoms with E-state index >= 15 is 0 Å². The van der Waals surface area contributed by atoms with Crippen LogP contribution in [0.2, 0.25) is 0 Å². The zero-order chi connectivity index (χ0) is 17.8. The lowest BCUT2D eigenvalue weighted by atomic mass is 10.2. The number of rotatable bonds is 7. The van der Waals surface area contributed by atoms with Crippen molar-refractivity contribution in [3.63, 3.8) is 0 Å². The van der Waals surface area contributed by atoms with Crippen LogP contribution in [-0.2, 0) is 4.74 Å². The number of amides is 1. The van der Waals surface area contributed by atoms with Crippen molar-refractivity contribution in [2.24, 2.45) is 4.99 Å². The van der Waals surface area contributed by atoms with Gasteiger partial charge in [0.05, 0.1) is 0 Å². The summed E-state index contributed by atoms with van der Waals surface area (Å²) in [6.45, 7) is 7.36. The van der Waals surface area contributed by atoms with Crippen LogP contribution in [0.15, 0.2) is 40.2 Å². The van der Waals surface area contributed by atoms with Crippen molar-refractivity contribution >= 4 is 47.8 Å². The Balaban J connectivity index is 0.00000576. The summed E-state index contributed by atoms with van der Waals surface area (Å²) in [7, 11) is 1.72. The number of carbonyl (C=O) groups excluding carboxylic acids is 1. The van der Waals surface area contributed by atoms with E-state index in [1.807, 2.05) is 39.0 Å². The summed E-state index contributed by atoms with van der Waals surface area (Å²) in [5.74, 6) is 1.66. The van der Waals surface area contributed by atoms with Gasteiger partial charge in [0, 0.05) is 37.3 Å². The molecule has 0 aliphatic heterocycles. The summed E-state index contributed by atoms with van der Waals surface area (Å²) in [6.07, 6.45) is -0.411. The van der Waals surface area contributed by atoms with Gasteiger partial charge in [0.2, 0.25) is 0 Å². The number of aliphatic imine (C=N–C) groups is 1. The van der Waals surface area contributed by atoms with E-state index in [2.05, 4.69) is 33.1 Å². The van der Waals surface area contributed by atoms with Gasteiger partial charge >= 0.3 is 6.09 Å². The van der Waals surface area contributed by atoms with Gasteiger partial charge in [-0.2, -0.15) is 0 Å². The molecule has 1 rings (SSSR count). The van der Waals surface area contributed by atoms with Gasteiger partial charge in [-0.15, -0.1) is 35.7 Å². The second-order valence-electron chi connectivity index (χ2n) is 6.02. The van der Waals surface area contributed by atoms with Gasteiger partial charge in [0.25, 0.3) is 0 Å². The highest BCUT2D eigenvalue weighted by Gasteiger charge is 2.15. The van der Waals surface area contributed by atoms with Crippen molar-refractivity contribution in [1.29, 1.82) is 0 Å². The maximum atomic E-state index is 11.5. The molecule has 25 heavy (non-hydrogen) atoms. The molecule has 0 saturated carbocycles. The van der Waals surface area contributed by atoms with Crippen LogP contribution in [0.1, 0.15) is 20.8 Å². The number of carbonyl (C=O) groups is 1. The van der Waals surface area contributed by atoms with Crippen LogP contribution in [0.4, 0.5) is 4.79 Å². The van der Waals surface area contributed by atoms with Crippen molar-refractivity contribution in [1.82, 2.24) is 16.0 Å². The topological polar surface area (TPSA) is 74.8 Å². The number of halogens is 1. The molecule has 0 fully saturated rings. The number of alkyl carbamates (subject to hydrolysis) is 1.